The Morgan fingerprint density at radius 3 is 2.45 bits per heavy atom. The maximum Gasteiger partial charge on any atom is 0.153 e. The molecule has 0 aliphatic rings. The molecule has 0 saturated heterocycles. The maximum atomic E-state index is 11.3. The van der Waals surface area contributed by atoms with Gasteiger partial charge in [-0.3, -0.25) is 0 Å². The summed E-state index contributed by atoms with van der Waals surface area (Å²) in [5.41, 5.74) is 1.15. The number of sulfone groups is 1. The van der Waals surface area contributed by atoms with Crippen molar-refractivity contribution in [1.82, 2.24) is 5.32 Å². The van der Waals surface area contributed by atoms with E-state index < -0.39 is 9.84 Å². The standard InChI is InChI=1S/C14H23NO4S/c1-3-20(16,17)11-10-19-14-6-4-13(5-7-14)12-15-8-9-18-2/h4-7,15H,3,8-12H2,1-2H3. The molecule has 5 nitrogen and oxygen atoms in total. The van der Waals surface area contributed by atoms with Crippen LogP contribution in [0.25, 0.3) is 0 Å². The molecule has 0 aliphatic carbocycles. The number of nitrogens with one attached hydrogen (secondary N) is 1. The van der Waals surface area contributed by atoms with Gasteiger partial charge in [0.05, 0.1) is 12.4 Å². The van der Waals surface area contributed by atoms with Crippen molar-refractivity contribution in [2.45, 2.75) is 13.5 Å². The summed E-state index contributed by atoms with van der Waals surface area (Å²) in [6.07, 6.45) is 0. The average molecular weight is 301 g/mol. The highest BCUT2D eigenvalue weighted by atomic mass is 32.2. The molecule has 114 valence electrons. The Morgan fingerprint density at radius 2 is 1.85 bits per heavy atom. The number of methoxy groups -OCH3 is 1. The predicted octanol–water partition coefficient (Wildman–Crippen LogP) is 1.24. The molecule has 6 heteroatoms. The summed E-state index contributed by atoms with van der Waals surface area (Å²) < 4.78 is 33.0. The second-order valence-corrected chi connectivity index (χ2v) is 6.87. The van der Waals surface area contributed by atoms with E-state index in [1.807, 2.05) is 24.3 Å². The first-order chi connectivity index (χ1) is 9.57. The topological polar surface area (TPSA) is 64.6 Å². The number of hydrogen-bond donors (Lipinski definition) is 1. The van der Waals surface area contributed by atoms with Gasteiger partial charge >= 0.3 is 0 Å². The SMILES string of the molecule is CCS(=O)(=O)CCOc1ccc(CNCCOC)cc1. The summed E-state index contributed by atoms with van der Waals surface area (Å²) in [5, 5.41) is 3.25. The minimum Gasteiger partial charge on any atom is -0.493 e. The molecule has 0 atom stereocenters. The van der Waals surface area contributed by atoms with E-state index in [4.69, 9.17) is 9.47 Å². The molecule has 1 aromatic rings. The van der Waals surface area contributed by atoms with Gasteiger partial charge in [-0.25, -0.2) is 8.42 Å². The van der Waals surface area contributed by atoms with Crippen molar-refractivity contribution in [2.75, 3.05) is 38.4 Å². The molecule has 1 aromatic carbocycles. The molecule has 1 rings (SSSR count). The highest BCUT2D eigenvalue weighted by Crippen LogP contribution is 2.12. The quantitative estimate of drug-likeness (QED) is 0.659. The number of hydrogen-bond acceptors (Lipinski definition) is 5. The highest BCUT2D eigenvalue weighted by Gasteiger charge is 2.07. The molecule has 0 saturated carbocycles. The summed E-state index contributed by atoms with van der Waals surface area (Å²) in [6, 6.07) is 7.63. The van der Waals surface area contributed by atoms with Crippen LogP contribution in [0.5, 0.6) is 5.75 Å². The van der Waals surface area contributed by atoms with Gasteiger partial charge in [0.15, 0.2) is 9.84 Å². The van der Waals surface area contributed by atoms with E-state index in [0.29, 0.717) is 12.4 Å². The highest BCUT2D eigenvalue weighted by molar-refractivity contribution is 7.91. The van der Waals surface area contributed by atoms with E-state index in [1.165, 1.54) is 0 Å². The Hall–Kier alpha value is -1.11. The lowest BCUT2D eigenvalue weighted by molar-refractivity contribution is 0.199. The third kappa shape index (κ3) is 6.88. The Balaban J connectivity index is 2.31. The molecule has 0 unspecified atom stereocenters. The third-order valence-electron chi connectivity index (χ3n) is 2.84. The van der Waals surface area contributed by atoms with Crippen LogP contribution in [0.1, 0.15) is 12.5 Å². The largest absolute Gasteiger partial charge is 0.493 e. The fourth-order valence-electron chi connectivity index (χ4n) is 1.54. The fraction of sp³-hybridized carbons (Fsp3) is 0.571. The van der Waals surface area contributed by atoms with E-state index in [9.17, 15) is 8.42 Å². The van der Waals surface area contributed by atoms with Crippen molar-refractivity contribution < 1.29 is 17.9 Å². The Morgan fingerprint density at radius 1 is 1.15 bits per heavy atom. The number of benzene rings is 1. The lowest BCUT2D eigenvalue weighted by atomic mass is 10.2. The first kappa shape index (κ1) is 16.9. The van der Waals surface area contributed by atoms with E-state index in [0.717, 1.165) is 18.7 Å². The van der Waals surface area contributed by atoms with Crippen molar-refractivity contribution in [3.8, 4) is 5.75 Å². The maximum absolute atomic E-state index is 11.3. The zero-order chi connectivity index (χ0) is 14.8. The van der Waals surface area contributed by atoms with Crippen LogP contribution in [0.3, 0.4) is 0 Å². The summed E-state index contributed by atoms with van der Waals surface area (Å²) in [6.45, 7) is 4.10. The van der Waals surface area contributed by atoms with Gasteiger partial charge < -0.3 is 14.8 Å². The number of rotatable bonds is 10. The van der Waals surface area contributed by atoms with Crippen LogP contribution >= 0.6 is 0 Å². The van der Waals surface area contributed by atoms with Crippen LogP contribution in [0.2, 0.25) is 0 Å². The van der Waals surface area contributed by atoms with Crippen molar-refractivity contribution in [2.24, 2.45) is 0 Å². The van der Waals surface area contributed by atoms with Crippen molar-refractivity contribution >= 4 is 9.84 Å². The van der Waals surface area contributed by atoms with Crippen molar-refractivity contribution in [3.63, 3.8) is 0 Å². The first-order valence-corrected chi connectivity index (χ1v) is 8.51. The van der Waals surface area contributed by atoms with Gasteiger partial charge in [0, 0.05) is 26.0 Å². The zero-order valence-corrected chi connectivity index (χ0v) is 12.9. The van der Waals surface area contributed by atoms with Gasteiger partial charge in [0.1, 0.15) is 12.4 Å². The van der Waals surface area contributed by atoms with Crippen LogP contribution in [0, 0.1) is 0 Å². The summed E-state index contributed by atoms with van der Waals surface area (Å²) in [7, 11) is -1.29. The Kier molecular flexibility index (Phi) is 7.58. The summed E-state index contributed by atoms with van der Waals surface area (Å²) in [5.74, 6) is 0.906. The van der Waals surface area contributed by atoms with Crippen LogP contribution in [0.15, 0.2) is 24.3 Å². The van der Waals surface area contributed by atoms with E-state index in [1.54, 1.807) is 14.0 Å². The second-order valence-electron chi connectivity index (χ2n) is 4.40. The Bertz CT molecular complexity index is 470. The zero-order valence-electron chi connectivity index (χ0n) is 12.1. The summed E-state index contributed by atoms with van der Waals surface area (Å²) in [4.78, 5) is 0. The first-order valence-electron chi connectivity index (χ1n) is 6.69. The lowest BCUT2D eigenvalue weighted by Crippen LogP contribution is -2.18. The smallest absolute Gasteiger partial charge is 0.153 e. The molecule has 0 amide bonds. The monoisotopic (exact) mass is 301 g/mol. The summed E-state index contributed by atoms with van der Waals surface area (Å²) >= 11 is 0. The van der Waals surface area contributed by atoms with Crippen LogP contribution < -0.4 is 10.1 Å². The van der Waals surface area contributed by atoms with Crippen LogP contribution in [-0.4, -0.2) is 46.8 Å². The molecule has 0 heterocycles. The minimum atomic E-state index is -2.96. The molecule has 0 bridgehead atoms. The van der Waals surface area contributed by atoms with Gasteiger partial charge in [-0.1, -0.05) is 19.1 Å². The van der Waals surface area contributed by atoms with E-state index in [-0.39, 0.29) is 18.1 Å². The molecule has 0 radical (unpaired) electrons. The molecule has 1 N–H and O–H groups in total. The molecule has 0 aromatic heterocycles. The van der Waals surface area contributed by atoms with Gasteiger partial charge in [0.25, 0.3) is 0 Å². The second kappa shape index (κ2) is 8.94. The van der Waals surface area contributed by atoms with Gasteiger partial charge in [-0.05, 0) is 17.7 Å². The molecule has 20 heavy (non-hydrogen) atoms. The lowest BCUT2D eigenvalue weighted by Gasteiger charge is -2.08. The van der Waals surface area contributed by atoms with Gasteiger partial charge in [-0.2, -0.15) is 0 Å². The molecular weight excluding hydrogens is 278 g/mol. The van der Waals surface area contributed by atoms with Crippen molar-refractivity contribution in [1.29, 1.82) is 0 Å². The molecule has 0 fully saturated rings. The molecule has 0 spiro atoms. The molecule has 0 aliphatic heterocycles. The fourth-order valence-corrected chi connectivity index (χ4v) is 2.17. The third-order valence-corrected chi connectivity index (χ3v) is 4.51. The van der Waals surface area contributed by atoms with Gasteiger partial charge in [0.2, 0.25) is 0 Å². The minimum absolute atomic E-state index is 0.0593. The van der Waals surface area contributed by atoms with Crippen LogP contribution in [-0.2, 0) is 21.1 Å². The van der Waals surface area contributed by atoms with Crippen LogP contribution in [0.4, 0.5) is 0 Å². The van der Waals surface area contributed by atoms with E-state index in [2.05, 4.69) is 5.32 Å². The average Bonchev–Trinajstić information content (AvgIpc) is 2.45. The Labute approximate surface area is 121 Å². The van der Waals surface area contributed by atoms with Crippen molar-refractivity contribution in [3.05, 3.63) is 29.8 Å². The molecular formula is C14H23NO4S. The predicted molar refractivity (Wildman–Crippen MR) is 79.8 cm³/mol. The van der Waals surface area contributed by atoms with Gasteiger partial charge in [-0.15, -0.1) is 0 Å². The number of ether oxygens (including phenoxy) is 2. The van der Waals surface area contributed by atoms with E-state index >= 15 is 0 Å². The normalized spacial score (nSPS) is 11.5.